The fraction of sp³-hybridized carbons (Fsp3) is 0.571. The van der Waals surface area contributed by atoms with Gasteiger partial charge in [-0.2, -0.15) is 0 Å². The van der Waals surface area contributed by atoms with Crippen molar-refractivity contribution in [2.24, 2.45) is 0 Å². The smallest absolute Gasteiger partial charge is 0.410 e. The number of rotatable bonds is 1. The summed E-state index contributed by atoms with van der Waals surface area (Å²) >= 11 is 1.39. The summed E-state index contributed by atoms with van der Waals surface area (Å²) in [6.45, 7) is 7.83. The maximum absolute atomic E-state index is 12.2. The number of hydrogen-bond donors (Lipinski definition) is 1. The van der Waals surface area contributed by atoms with Crippen LogP contribution in [-0.4, -0.2) is 33.7 Å². The number of aromatic carboxylic acids is 1. The lowest BCUT2D eigenvalue weighted by molar-refractivity contribution is 0.0142. The Morgan fingerprint density at radius 3 is 2.65 bits per heavy atom. The number of hydrogen-bond acceptors (Lipinski definition) is 4. The molecule has 0 aliphatic carbocycles. The number of carboxylic acids is 1. The van der Waals surface area contributed by atoms with Gasteiger partial charge in [0.05, 0.1) is 12.1 Å². The monoisotopic (exact) mass is 297 g/mol. The summed E-state index contributed by atoms with van der Waals surface area (Å²) in [6.07, 6.45) is 0.209. The second-order valence-electron chi connectivity index (χ2n) is 6.02. The Labute approximate surface area is 122 Å². The van der Waals surface area contributed by atoms with Crippen LogP contribution in [0.15, 0.2) is 5.38 Å². The molecular weight excluding hydrogens is 278 g/mol. The Hall–Kier alpha value is -1.56. The van der Waals surface area contributed by atoms with Gasteiger partial charge in [-0.1, -0.05) is 0 Å². The molecule has 2 heterocycles. The molecule has 1 aromatic rings. The molecule has 1 N–H and O–H groups in total. The standard InChI is InChI=1S/C14H19NO4S/c1-8-5-9-10(12(16)17)7-20-11(9)6-15(8)13(18)19-14(2,3)4/h7-8H,5-6H2,1-4H3,(H,16,17). The van der Waals surface area contributed by atoms with Crippen molar-refractivity contribution < 1.29 is 19.4 Å². The van der Waals surface area contributed by atoms with Crippen LogP contribution >= 0.6 is 11.3 Å². The van der Waals surface area contributed by atoms with Crippen LogP contribution in [0.4, 0.5) is 4.79 Å². The van der Waals surface area contributed by atoms with Gasteiger partial charge < -0.3 is 14.7 Å². The quantitative estimate of drug-likeness (QED) is 0.864. The van der Waals surface area contributed by atoms with Crippen molar-refractivity contribution in [2.75, 3.05) is 0 Å². The van der Waals surface area contributed by atoms with Crippen LogP contribution < -0.4 is 0 Å². The molecule has 110 valence electrons. The van der Waals surface area contributed by atoms with E-state index in [2.05, 4.69) is 0 Å². The Bertz CT molecular complexity index is 544. The summed E-state index contributed by atoms with van der Waals surface area (Å²) in [7, 11) is 0. The minimum absolute atomic E-state index is 0.0648. The van der Waals surface area contributed by atoms with Crippen molar-refractivity contribution in [2.45, 2.75) is 52.3 Å². The molecule has 5 nitrogen and oxygen atoms in total. The largest absolute Gasteiger partial charge is 0.478 e. The molecule has 1 unspecified atom stereocenters. The maximum atomic E-state index is 12.2. The zero-order chi connectivity index (χ0) is 15.1. The fourth-order valence-electron chi connectivity index (χ4n) is 2.24. The molecule has 20 heavy (non-hydrogen) atoms. The van der Waals surface area contributed by atoms with E-state index in [0.717, 1.165) is 10.4 Å². The van der Waals surface area contributed by atoms with E-state index < -0.39 is 11.6 Å². The number of carbonyl (C=O) groups excluding carboxylic acids is 1. The second kappa shape index (κ2) is 5.09. The number of carboxylic acid groups (broad SMARTS) is 1. The van der Waals surface area contributed by atoms with Gasteiger partial charge >= 0.3 is 12.1 Å². The highest BCUT2D eigenvalue weighted by Crippen LogP contribution is 2.32. The normalized spacial score (nSPS) is 18.6. The van der Waals surface area contributed by atoms with Crippen molar-refractivity contribution in [1.29, 1.82) is 0 Å². The SMILES string of the molecule is CC1Cc2c(C(=O)O)csc2CN1C(=O)OC(C)(C)C. The van der Waals surface area contributed by atoms with E-state index in [4.69, 9.17) is 9.84 Å². The molecule has 0 saturated carbocycles. The molecule has 6 heteroatoms. The lowest BCUT2D eigenvalue weighted by Gasteiger charge is -2.35. The number of amides is 1. The highest BCUT2D eigenvalue weighted by atomic mass is 32.1. The minimum Gasteiger partial charge on any atom is -0.478 e. The van der Waals surface area contributed by atoms with Crippen molar-refractivity contribution in [3.63, 3.8) is 0 Å². The molecule has 0 aromatic carbocycles. The molecule has 1 atom stereocenters. The van der Waals surface area contributed by atoms with Gasteiger partial charge in [0.25, 0.3) is 0 Å². The molecule has 1 amide bonds. The predicted molar refractivity (Wildman–Crippen MR) is 76.2 cm³/mol. The van der Waals surface area contributed by atoms with E-state index in [1.807, 2.05) is 27.7 Å². The van der Waals surface area contributed by atoms with Gasteiger partial charge in [-0.3, -0.25) is 0 Å². The zero-order valence-corrected chi connectivity index (χ0v) is 12.9. The van der Waals surface area contributed by atoms with Gasteiger partial charge in [0.2, 0.25) is 0 Å². The van der Waals surface area contributed by atoms with E-state index in [-0.39, 0.29) is 12.1 Å². The van der Waals surface area contributed by atoms with Gasteiger partial charge in [0.1, 0.15) is 5.60 Å². The van der Waals surface area contributed by atoms with E-state index in [0.29, 0.717) is 18.5 Å². The third-order valence-corrected chi connectivity index (χ3v) is 4.20. The van der Waals surface area contributed by atoms with Crippen LogP contribution in [-0.2, 0) is 17.7 Å². The highest BCUT2D eigenvalue weighted by molar-refractivity contribution is 7.10. The Morgan fingerprint density at radius 1 is 1.45 bits per heavy atom. The molecule has 1 aromatic heterocycles. The van der Waals surface area contributed by atoms with Crippen LogP contribution in [0.25, 0.3) is 0 Å². The highest BCUT2D eigenvalue weighted by Gasteiger charge is 2.33. The summed E-state index contributed by atoms with van der Waals surface area (Å²) in [5.74, 6) is -0.902. The summed E-state index contributed by atoms with van der Waals surface area (Å²) in [5, 5.41) is 10.8. The van der Waals surface area contributed by atoms with Crippen molar-refractivity contribution in [3.05, 3.63) is 21.4 Å². The summed E-state index contributed by atoms with van der Waals surface area (Å²) in [6, 6.07) is -0.0648. The molecule has 0 spiro atoms. The lowest BCUT2D eigenvalue weighted by Crippen LogP contribution is -2.44. The number of nitrogens with zero attached hydrogens (tertiary/aromatic N) is 1. The maximum Gasteiger partial charge on any atom is 0.410 e. The topological polar surface area (TPSA) is 66.8 Å². The minimum atomic E-state index is -0.902. The third kappa shape index (κ3) is 2.95. The third-order valence-electron chi connectivity index (χ3n) is 3.18. The van der Waals surface area contributed by atoms with Crippen molar-refractivity contribution in [3.8, 4) is 0 Å². The van der Waals surface area contributed by atoms with Crippen LogP contribution in [0.1, 0.15) is 48.5 Å². The molecule has 2 rings (SSSR count). The first-order chi connectivity index (χ1) is 9.19. The van der Waals surface area contributed by atoms with Gasteiger partial charge in [-0.15, -0.1) is 11.3 Å². The van der Waals surface area contributed by atoms with Crippen LogP contribution in [0.5, 0.6) is 0 Å². The van der Waals surface area contributed by atoms with E-state index in [9.17, 15) is 9.59 Å². The van der Waals surface area contributed by atoms with Crippen molar-refractivity contribution in [1.82, 2.24) is 4.90 Å². The van der Waals surface area contributed by atoms with Gasteiger partial charge in [-0.05, 0) is 39.7 Å². The first kappa shape index (κ1) is 14.8. The molecule has 1 aliphatic rings. The average Bonchev–Trinajstić information content (AvgIpc) is 2.68. The summed E-state index contributed by atoms with van der Waals surface area (Å²) < 4.78 is 5.39. The predicted octanol–water partition coefficient (Wildman–Crippen LogP) is 3.13. The number of fused-ring (bicyclic) bond motifs is 1. The molecule has 0 radical (unpaired) electrons. The van der Waals surface area contributed by atoms with Gasteiger partial charge in [-0.25, -0.2) is 9.59 Å². The van der Waals surface area contributed by atoms with Crippen LogP contribution in [0, 0.1) is 0 Å². The van der Waals surface area contributed by atoms with E-state index in [1.54, 1.807) is 10.3 Å². The molecule has 0 bridgehead atoms. The average molecular weight is 297 g/mol. The number of carbonyl (C=O) groups is 2. The fourth-order valence-corrected chi connectivity index (χ4v) is 3.29. The first-order valence-electron chi connectivity index (χ1n) is 6.51. The number of ether oxygens (including phenoxy) is 1. The molecule has 0 saturated heterocycles. The molecule has 1 aliphatic heterocycles. The van der Waals surface area contributed by atoms with Gasteiger partial charge in [0.15, 0.2) is 0 Å². The van der Waals surface area contributed by atoms with Crippen molar-refractivity contribution >= 4 is 23.4 Å². The molecule has 0 fully saturated rings. The summed E-state index contributed by atoms with van der Waals surface area (Å²) in [5.41, 5.74) is 0.689. The Balaban J connectivity index is 2.20. The first-order valence-corrected chi connectivity index (χ1v) is 7.39. The van der Waals surface area contributed by atoms with Gasteiger partial charge in [0, 0.05) is 16.3 Å². The Kier molecular flexibility index (Phi) is 3.77. The number of thiophene rings is 1. The Morgan fingerprint density at radius 2 is 2.10 bits per heavy atom. The van der Waals surface area contributed by atoms with Crippen LogP contribution in [0.3, 0.4) is 0 Å². The van der Waals surface area contributed by atoms with Crippen LogP contribution in [0.2, 0.25) is 0 Å². The lowest BCUT2D eigenvalue weighted by atomic mass is 9.98. The zero-order valence-electron chi connectivity index (χ0n) is 12.1. The molecular formula is C14H19NO4S. The van der Waals surface area contributed by atoms with E-state index >= 15 is 0 Å². The van der Waals surface area contributed by atoms with E-state index in [1.165, 1.54) is 11.3 Å². The second-order valence-corrected chi connectivity index (χ2v) is 6.98. The summed E-state index contributed by atoms with van der Waals surface area (Å²) in [4.78, 5) is 25.9.